The van der Waals surface area contributed by atoms with Crippen LogP contribution in [0.4, 0.5) is 0 Å². The van der Waals surface area contributed by atoms with E-state index in [2.05, 4.69) is 37.9 Å². The van der Waals surface area contributed by atoms with Gasteiger partial charge in [-0.3, -0.25) is 0 Å². The number of hydrogen-bond donors (Lipinski definition) is 0. The average Bonchev–Trinajstić information content (AvgIpc) is 2.32. The lowest BCUT2D eigenvalue weighted by Gasteiger charge is -2.17. The van der Waals surface area contributed by atoms with Gasteiger partial charge < -0.3 is 4.12 Å². The van der Waals surface area contributed by atoms with Crippen LogP contribution in [0, 0.1) is 0 Å². The summed E-state index contributed by atoms with van der Waals surface area (Å²) in [5, 5.41) is 1.55. The van der Waals surface area contributed by atoms with Gasteiger partial charge in [0.15, 0.2) is 18.1 Å². The Morgan fingerprint density at radius 1 is 1.45 bits per heavy atom. The van der Waals surface area contributed by atoms with Crippen molar-refractivity contribution in [3.8, 4) is 0 Å². The van der Waals surface area contributed by atoms with Crippen LogP contribution in [-0.4, -0.2) is 18.1 Å². The molecule has 62 valence electrons. The van der Waals surface area contributed by atoms with Gasteiger partial charge in [-0.05, 0) is 26.1 Å². The molecule has 1 rings (SSSR count). The monoisotopic (exact) mass is 184 g/mol. The van der Waals surface area contributed by atoms with Crippen LogP contribution in [0.15, 0.2) is 23.4 Å². The standard InChI is InChI=1S/C8H16OSi2/c1-11(2,3)9-10-8-6-4-5-7-8/h4-6H,7,10H2,1-3H3. The molecule has 0 unspecified atom stereocenters. The summed E-state index contributed by atoms with van der Waals surface area (Å²) in [6.45, 7) is 6.76. The quantitative estimate of drug-likeness (QED) is 0.607. The third-order valence-corrected chi connectivity index (χ3v) is 6.48. The summed E-state index contributed by atoms with van der Waals surface area (Å²) in [7, 11) is -1.59. The van der Waals surface area contributed by atoms with Crippen LogP contribution in [0.3, 0.4) is 0 Å². The number of rotatable bonds is 3. The van der Waals surface area contributed by atoms with E-state index < -0.39 is 8.32 Å². The SMILES string of the molecule is C[Si](C)(C)O[SiH2]C1=CC=CC1. The molecular weight excluding hydrogens is 168 g/mol. The highest BCUT2D eigenvalue weighted by Crippen LogP contribution is 2.11. The first-order valence-corrected chi connectivity index (χ1v) is 8.76. The predicted molar refractivity (Wildman–Crippen MR) is 54.8 cm³/mol. The van der Waals surface area contributed by atoms with Crippen molar-refractivity contribution in [3.05, 3.63) is 23.4 Å². The van der Waals surface area contributed by atoms with E-state index >= 15 is 0 Å². The Bertz CT molecular complexity index is 189. The maximum absolute atomic E-state index is 5.88. The van der Waals surface area contributed by atoms with Crippen LogP contribution in [-0.2, 0) is 4.12 Å². The average molecular weight is 184 g/mol. The zero-order valence-electron chi connectivity index (χ0n) is 7.55. The zero-order valence-corrected chi connectivity index (χ0v) is 9.97. The van der Waals surface area contributed by atoms with Crippen molar-refractivity contribution < 1.29 is 4.12 Å². The van der Waals surface area contributed by atoms with Gasteiger partial charge in [0.25, 0.3) is 0 Å². The minimum atomic E-state index is -1.23. The van der Waals surface area contributed by atoms with Crippen molar-refractivity contribution in [2.45, 2.75) is 26.1 Å². The van der Waals surface area contributed by atoms with Crippen molar-refractivity contribution in [2.24, 2.45) is 0 Å². The van der Waals surface area contributed by atoms with E-state index in [1.54, 1.807) is 5.20 Å². The van der Waals surface area contributed by atoms with Gasteiger partial charge in [-0.2, -0.15) is 0 Å². The minimum absolute atomic E-state index is 0.356. The van der Waals surface area contributed by atoms with Crippen molar-refractivity contribution in [1.29, 1.82) is 0 Å². The summed E-state index contributed by atoms with van der Waals surface area (Å²) in [6.07, 6.45) is 7.70. The summed E-state index contributed by atoms with van der Waals surface area (Å²) in [4.78, 5) is 0. The molecule has 3 heteroatoms. The van der Waals surface area contributed by atoms with E-state index in [1.807, 2.05) is 0 Å². The highest BCUT2D eigenvalue weighted by Gasteiger charge is 2.14. The Hall–Kier alpha value is -0.126. The van der Waals surface area contributed by atoms with Crippen LogP contribution in [0.2, 0.25) is 19.6 Å². The molecule has 0 fully saturated rings. The molecule has 0 saturated heterocycles. The molecule has 1 aliphatic carbocycles. The third kappa shape index (κ3) is 3.69. The van der Waals surface area contributed by atoms with Crippen LogP contribution in [0.1, 0.15) is 6.42 Å². The third-order valence-electron chi connectivity index (χ3n) is 1.54. The fraction of sp³-hybridized carbons (Fsp3) is 0.500. The molecule has 0 saturated carbocycles. The smallest absolute Gasteiger partial charge is 0.175 e. The van der Waals surface area contributed by atoms with E-state index in [9.17, 15) is 0 Å². The molecule has 1 nitrogen and oxygen atoms in total. The van der Waals surface area contributed by atoms with Crippen LogP contribution >= 0.6 is 0 Å². The summed E-state index contributed by atoms with van der Waals surface area (Å²) in [5.41, 5.74) is 0. The van der Waals surface area contributed by atoms with Gasteiger partial charge >= 0.3 is 0 Å². The minimum Gasteiger partial charge on any atom is -0.457 e. The summed E-state index contributed by atoms with van der Waals surface area (Å²) in [6, 6.07) is 0. The molecule has 0 aromatic carbocycles. The highest BCUT2D eigenvalue weighted by atomic mass is 28.4. The van der Waals surface area contributed by atoms with E-state index in [4.69, 9.17) is 4.12 Å². The van der Waals surface area contributed by atoms with Gasteiger partial charge in [0.05, 0.1) is 0 Å². The first kappa shape index (κ1) is 8.97. The van der Waals surface area contributed by atoms with Gasteiger partial charge in [0.2, 0.25) is 0 Å². The molecule has 0 bridgehead atoms. The predicted octanol–water partition coefficient (Wildman–Crippen LogP) is 1.77. The molecule has 0 amide bonds. The van der Waals surface area contributed by atoms with E-state index in [0.29, 0.717) is 0 Å². The Kier molecular flexibility index (Phi) is 2.86. The normalized spacial score (nSPS) is 18.3. The lowest BCUT2D eigenvalue weighted by Crippen LogP contribution is -2.28. The van der Waals surface area contributed by atoms with Crippen molar-refractivity contribution in [2.75, 3.05) is 0 Å². The molecule has 0 radical (unpaired) electrons. The molecule has 0 aromatic rings. The topological polar surface area (TPSA) is 9.23 Å². The molecule has 11 heavy (non-hydrogen) atoms. The van der Waals surface area contributed by atoms with E-state index in [-0.39, 0.29) is 9.76 Å². The van der Waals surface area contributed by atoms with Crippen LogP contribution in [0.5, 0.6) is 0 Å². The second kappa shape index (κ2) is 3.51. The Morgan fingerprint density at radius 3 is 2.64 bits per heavy atom. The fourth-order valence-electron chi connectivity index (χ4n) is 0.908. The van der Waals surface area contributed by atoms with E-state index in [0.717, 1.165) is 6.42 Å². The highest BCUT2D eigenvalue weighted by molar-refractivity contribution is 6.74. The maximum Gasteiger partial charge on any atom is 0.175 e. The molecule has 0 aliphatic heterocycles. The molecule has 0 heterocycles. The first-order valence-electron chi connectivity index (χ1n) is 4.06. The molecule has 0 atom stereocenters. The Labute approximate surface area is 72.2 Å². The van der Waals surface area contributed by atoms with Crippen LogP contribution < -0.4 is 0 Å². The summed E-state index contributed by atoms with van der Waals surface area (Å²) in [5.74, 6) is 0. The van der Waals surface area contributed by atoms with E-state index in [1.165, 1.54) is 0 Å². The lowest BCUT2D eigenvalue weighted by molar-refractivity contribution is 0.603. The van der Waals surface area contributed by atoms with Gasteiger partial charge in [-0.15, -0.1) is 0 Å². The molecule has 1 aliphatic rings. The largest absolute Gasteiger partial charge is 0.457 e. The molecule has 0 aromatic heterocycles. The first-order chi connectivity index (χ1) is 5.08. The second-order valence-electron chi connectivity index (χ2n) is 3.86. The van der Waals surface area contributed by atoms with Gasteiger partial charge in [-0.25, -0.2) is 0 Å². The second-order valence-corrected chi connectivity index (χ2v) is 10.4. The molecule has 0 N–H and O–H groups in total. The molecule has 0 spiro atoms. The van der Waals surface area contributed by atoms with Crippen LogP contribution in [0.25, 0.3) is 0 Å². The maximum atomic E-state index is 5.88. The summed E-state index contributed by atoms with van der Waals surface area (Å²) < 4.78 is 5.88. The van der Waals surface area contributed by atoms with Crippen molar-refractivity contribution >= 4 is 18.1 Å². The van der Waals surface area contributed by atoms with Crippen molar-refractivity contribution in [1.82, 2.24) is 0 Å². The van der Waals surface area contributed by atoms with Gasteiger partial charge in [0.1, 0.15) is 0 Å². The summed E-state index contributed by atoms with van der Waals surface area (Å²) >= 11 is 0. The fourth-order valence-corrected chi connectivity index (χ4v) is 3.90. The number of allylic oxidation sites excluding steroid dienone is 4. The van der Waals surface area contributed by atoms with Crippen molar-refractivity contribution in [3.63, 3.8) is 0 Å². The number of hydrogen-bond acceptors (Lipinski definition) is 1. The Morgan fingerprint density at radius 2 is 2.18 bits per heavy atom. The zero-order chi connectivity index (χ0) is 8.32. The van der Waals surface area contributed by atoms with Gasteiger partial charge in [0, 0.05) is 0 Å². The lowest BCUT2D eigenvalue weighted by atomic mass is 10.5. The van der Waals surface area contributed by atoms with Gasteiger partial charge in [-0.1, -0.05) is 23.4 Å². The molecular formula is C8H16OSi2. The Balaban J connectivity index is 2.23.